The molecule has 21 heavy (non-hydrogen) atoms. The van der Waals surface area contributed by atoms with Crippen molar-refractivity contribution in [2.45, 2.75) is 45.3 Å². The van der Waals surface area contributed by atoms with Crippen LogP contribution in [0.5, 0.6) is 0 Å². The molecule has 114 valence electrons. The van der Waals surface area contributed by atoms with E-state index in [1.807, 2.05) is 13.8 Å². The third-order valence-electron chi connectivity index (χ3n) is 3.71. The van der Waals surface area contributed by atoms with E-state index in [9.17, 15) is 14.0 Å². The van der Waals surface area contributed by atoms with Crippen molar-refractivity contribution >= 4 is 27.7 Å². The van der Waals surface area contributed by atoms with Gasteiger partial charge in [-0.15, -0.1) is 0 Å². The van der Waals surface area contributed by atoms with Crippen LogP contribution in [0, 0.1) is 5.82 Å². The lowest BCUT2D eigenvalue weighted by molar-refractivity contribution is -0.135. The smallest absolute Gasteiger partial charge is 0.245 e. The van der Waals surface area contributed by atoms with Crippen LogP contribution >= 0.6 is 15.9 Å². The first kappa shape index (κ1) is 15.9. The number of halogens is 2. The Morgan fingerprint density at radius 3 is 2.81 bits per heavy atom. The van der Waals surface area contributed by atoms with E-state index >= 15 is 0 Å². The van der Waals surface area contributed by atoms with Gasteiger partial charge >= 0.3 is 0 Å². The highest BCUT2D eigenvalue weighted by Gasteiger charge is 2.33. The molecule has 0 radical (unpaired) electrons. The molecule has 2 amide bonds. The SMILES string of the molecule is CCC1NC(=O)CC(C)N(Cc2cccc(F)c2Br)C1=O. The Bertz CT molecular complexity index is 565. The molecule has 4 nitrogen and oxygen atoms in total. The Morgan fingerprint density at radius 2 is 2.14 bits per heavy atom. The number of amides is 2. The number of nitrogens with zero attached hydrogens (tertiary/aromatic N) is 1. The lowest BCUT2D eigenvalue weighted by Gasteiger charge is -2.29. The van der Waals surface area contributed by atoms with Crippen LogP contribution in [0.2, 0.25) is 0 Å². The molecule has 2 unspecified atom stereocenters. The topological polar surface area (TPSA) is 49.4 Å². The maximum atomic E-state index is 13.6. The van der Waals surface area contributed by atoms with Crippen LogP contribution in [-0.4, -0.2) is 28.8 Å². The quantitative estimate of drug-likeness (QED) is 0.904. The van der Waals surface area contributed by atoms with Gasteiger partial charge in [-0.3, -0.25) is 9.59 Å². The zero-order valence-corrected chi connectivity index (χ0v) is 13.6. The van der Waals surface area contributed by atoms with Gasteiger partial charge in [-0.05, 0) is 40.9 Å². The normalized spacial score (nSPS) is 23.0. The first-order valence-electron chi connectivity index (χ1n) is 6.96. The Hall–Kier alpha value is -1.43. The Kier molecular flexibility index (Phi) is 4.98. The van der Waals surface area contributed by atoms with E-state index in [0.29, 0.717) is 16.5 Å². The molecule has 1 aromatic rings. The molecule has 0 aliphatic carbocycles. The second kappa shape index (κ2) is 6.56. The van der Waals surface area contributed by atoms with Crippen molar-refractivity contribution in [3.8, 4) is 0 Å². The first-order chi connectivity index (χ1) is 9.93. The number of carbonyl (C=O) groups excluding carboxylic acids is 2. The van der Waals surface area contributed by atoms with Crippen LogP contribution < -0.4 is 5.32 Å². The van der Waals surface area contributed by atoms with Gasteiger partial charge in [0.15, 0.2) is 0 Å². The number of nitrogens with one attached hydrogen (secondary N) is 1. The minimum absolute atomic E-state index is 0.119. The van der Waals surface area contributed by atoms with Crippen molar-refractivity contribution in [3.63, 3.8) is 0 Å². The zero-order valence-electron chi connectivity index (χ0n) is 12.0. The number of hydrogen-bond acceptors (Lipinski definition) is 2. The summed E-state index contributed by atoms with van der Waals surface area (Å²) >= 11 is 3.21. The van der Waals surface area contributed by atoms with E-state index in [1.165, 1.54) is 6.07 Å². The summed E-state index contributed by atoms with van der Waals surface area (Å²) in [5.41, 5.74) is 0.694. The second-order valence-corrected chi connectivity index (χ2v) is 6.05. The van der Waals surface area contributed by atoms with Gasteiger partial charge in [0.1, 0.15) is 11.9 Å². The van der Waals surface area contributed by atoms with E-state index in [0.717, 1.165) is 0 Å². The van der Waals surface area contributed by atoms with E-state index in [1.54, 1.807) is 17.0 Å². The summed E-state index contributed by atoms with van der Waals surface area (Å²) in [7, 11) is 0. The second-order valence-electron chi connectivity index (χ2n) is 5.26. The van der Waals surface area contributed by atoms with Gasteiger partial charge in [0.2, 0.25) is 11.8 Å². The minimum Gasteiger partial charge on any atom is -0.344 e. The zero-order chi connectivity index (χ0) is 15.6. The first-order valence-corrected chi connectivity index (χ1v) is 7.76. The summed E-state index contributed by atoms with van der Waals surface area (Å²) in [6.07, 6.45) is 0.799. The van der Waals surface area contributed by atoms with Crippen molar-refractivity contribution in [2.24, 2.45) is 0 Å². The van der Waals surface area contributed by atoms with Gasteiger partial charge in [0, 0.05) is 19.0 Å². The van der Waals surface area contributed by atoms with Crippen molar-refractivity contribution in [2.75, 3.05) is 0 Å². The van der Waals surface area contributed by atoms with E-state index < -0.39 is 6.04 Å². The van der Waals surface area contributed by atoms with Gasteiger partial charge in [-0.25, -0.2) is 4.39 Å². The summed E-state index contributed by atoms with van der Waals surface area (Å²) < 4.78 is 14.0. The molecule has 1 fully saturated rings. The lowest BCUT2D eigenvalue weighted by Crippen LogP contribution is -2.45. The summed E-state index contributed by atoms with van der Waals surface area (Å²) in [5.74, 6) is -0.598. The fourth-order valence-corrected chi connectivity index (χ4v) is 2.87. The molecule has 1 aliphatic rings. The van der Waals surface area contributed by atoms with Crippen molar-refractivity contribution in [1.82, 2.24) is 10.2 Å². The maximum absolute atomic E-state index is 13.6. The third kappa shape index (κ3) is 3.43. The Balaban J connectivity index is 2.29. The molecule has 1 aliphatic heterocycles. The van der Waals surface area contributed by atoms with Gasteiger partial charge in [0.05, 0.1) is 4.47 Å². The molecular formula is C15H18BrFN2O2. The number of carbonyl (C=O) groups is 2. The fourth-order valence-electron chi connectivity index (χ4n) is 2.48. The molecule has 0 spiro atoms. The van der Waals surface area contributed by atoms with Crippen molar-refractivity contribution in [1.29, 1.82) is 0 Å². The summed E-state index contributed by atoms with van der Waals surface area (Å²) in [4.78, 5) is 25.9. The Morgan fingerprint density at radius 1 is 1.43 bits per heavy atom. The van der Waals surface area contributed by atoms with Crippen LogP contribution in [-0.2, 0) is 16.1 Å². The van der Waals surface area contributed by atoms with E-state index in [-0.39, 0.29) is 36.6 Å². The van der Waals surface area contributed by atoms with E-state index in [4.69, 9.17) is 0 Å². The molecule has 0 saturated carbocycles. The van der Waals surface area contributed by atoms with Gasteiger partial charge in [0.25, 0.3) is 0 Å². The van der Waals surface area contributed by atoms with Gasteiger partial charge < -0.3 is 10.2 Å². The molecule has 1 heterocycles. The summed E-state index contributed by atoms with van der Waals surface area (Å²) in [6, 6.07) is 4.03. The number of benzene rings is 1. The third-order valence-corrected chi connectivity index (χ3v) is 4.60. The van der Waals surface area contributed by atoms with Crippen molar-refractivity contribution < 1.29 is 14.0 Å². The van der Waals surface area contributed by atoms with Crippen LogP contribution in [0.1, 0.15) is 32.3 Å². The molecule has 6 heteroatoms. The molecule has 1 aromatic carbocycles. The molecule has 1 saturated heterocycles. The molecule has 0 bridgehead atoms. The minimum atomic E-state index is -0.505. The maximum Gasteiger partial charge on any atom is 0.245 e. The molecule has 2 rings (SSSR count). The highest BCUT2D eigenvalue weighted by molar-refractivity contribution is 9.10. The fraction of sp³-hybridized carbons (Fsp3) is 0.467. The highest BCUT2D eigenvalue weighted by Crippen LogP contribution is 2.24. The Labute approximate surface area is 131 Å². The number of rotatable bonds is 3. The van der Waals surface area contributed by atoms with Crippen LogP contribution in [0.4, 0.5) is 4.39 Å². The molecule has 1 N–H and O–H groups in total. The number of hydrogen-bond donors (Lipinski definition) is 1. The monoisotopic (exact) mass is 356 g/mol. The van der Waals surface area contributed by atoms with Gasteiger partial charge in [-0.2, -0.15) is 0 Å². The lowest BCUT2D eigenvalue weighted by atomic mass is 10.1. The van der Waals surface area contributed by atoms with E-state index in [2.05, 4.69) is 21.2 Å². The predicted molar refractivity (Wildman–Crippen MR) is 81.0 cm³/mol. The molecule has 2 atom stereocenters. The highest BCUT2D eigenvalue weighted by atomic mass is 79.9. The summed E-state index contributed by atoms with van der Waals surface area (Å²) in [5, 5.41) is 2.73. The predicted octanol–water partition coefficient (Wildman–Crippen LogP) is 2.60. The van der Waals surface area contributed by atoms with Crippen LogP contribution in [0.3, 0.4) is 0 Å². The largest absolute Gasteiger partial charge is 0.344 e. The van der Waals surface area contributed by atoms with Crippen LogP contribution in [0.25, 0.3) is 0 Å². The average Bonchev–Trinajstić information content (AvgIpc) is 2.54. The van der Waals surface area contributed by atoms with Crippen molar-refractivity contribution in [3.05, 3.63) is 34.1 Å². The van der Waals surface area contributed by atoms with Gasteiger partial charge in [-0.1, -0.05) is 19.1 Å². The summed E-state index contributed by atoms with van der Waals surface area (Å²) in [6.45, 7) is 3.97. The average molecular weight is 357 g/mol. The van der Waals surface area contributed by atoms with Crippen LogP contribution in [0.15, 0.2) is 22.7 Å². The molecule has 0 aromatic heterocycles. The molecular weight excluding hydrogens is 339 g/mol. The standard InChI is InChI=1S/C15H18BrFN2O2/c1-3-12-15(21)19(9(2)7-13(20)18-12)8-10-5-4-6-11(17)14(10)16/h4-6,9,12H,3,7-8H2,1-2H3,(H,18,20).